The molecule has 0 saturated carbocycles. The minimum atomic E-state index is 0.774. The van der Waals surface area contributed by atoms with Crippen LogP contribution in [0, 0.1) is 6.92 Å². The highest BCUT2D eigenvalue weighted by atomic mass is 79.9. The normalized spacial score (nSPS) is 10.8. The molecule has 2 aromatic rings. The molecule has 0 aliphatic heterocycles. The maximum Gasteiger partial charge on any atom is 0.133 e. The van der Waals surface area contributed by atoms with Crippen molar-refractivity contribution in [2.45, 2.75) is 33.2 Å². The molecule has 1 aromatic carbocycles. The van der Waals surface area contributed by atoms with Gasteiger partial charge in [-0.25, -0.2) is 9.97 Å². The van der Waals surface area contributed by atoms with E-state index in [9.17, 15) is 0 Å². The van der Waals surface area contributed by atoms with Crippen LogP contribution in [0.4, 0.5) is 0 Å². The molecule has 0 radical (unpaired) electrons. The molecule has 0 spiro atoms. The van der Waals surface area contributed by atoms with Crippen LogP contribution in [-0.4, -0.2) is 16.5 Å². The number of aromatic nitrogens is 2. The molecule has 0 amide bonds. The van der Waals surface area contributed by atoms with Gasteiger partial charge < -0.3 is 5.32 Å². The van der Waals surface area contributed by atoms with E-state index in [0.717, 1.165) is 47.6 Å². The summed E-state index contributed by atoms with van der Waals surface area (Å²) in [5.41, 5.74) is 3.32. The van der Waals surface area contributed by atoms with Gasteiger partial charge in [0.1, 0.15) is 5.82 Å². The molecule has 0 atom stereocenters. The van der Waals surface area contributed by atoms with Crippen molar-refractivity contribution in [3.8, 4) is 0 Å². The van der Waals surface area contributed by atoms with Crippen LogP contribution < -0.4 is 5.32 Å². The van der Waals surface area contributed by atoms with Crippen LogP contribution in [0.3, 0.4) is 0 Å². The number of aryl methyl sites for hydroxylation is 1. The lowest BCUT2D eigenvalue weighted by Crippen LogP contribution is -2.16. The SMILES string of the molecule is CCCNCc1cc(C)nc(Cc2ccc(Br)cc2)n1. The Morgan fingerprint density at radius 3 is 2.60 bits per heavy atom. The van der Waals surface area contributed by atoms with Crippen LogP contribution in [0.2, 0.25) is 0 Å². The number of nitrogens with one attached hydrogen (secondary N) is 1. The van der Waals surface area contributed by atoms with Crippen LogP contribution >= 0.6 is 15.9 Å². The second-order valence-corrected chi connectivity index (χ2v) is 5.81. The van der Waals surface area contributed by atoms with Gasteiger partial charge in [0.2, 0.25) is 0 Å². The monoisotopic (exact) mass is 333 g/mol. The van der Waals surface area contributed by atoms with E-state index in [-0.39, 0.29) is 0 Å². The standard InChI is InChI=1S/C16H20BrN3/c1-3-8-18-11-15-9-12(2)19-16(20-15)10-13-4-6-14(17)7-5-13/h4-7,9,18H,3,8,10-11H2,1-2H3. The Morgan fingerprint density at radius 2 is 1.90 bits per heavy atom. The van der Waals surface area contributed by atoms with Crippen molar-refractivity contribution in [2.24, 2.45) is 0 Å². The fraction of sp³-hybridized carbons (Fsp3) is 0.375. The van der Waals surface area contributed by atoms with E-state index in [1.54, 1.807) is 0 Å². The van der Waals surface area contributed by atoms with Crippen molar-refractivity contribution in [1.82, 2.24) is 15.3 Å². The Bertz CT molecular complexity index is 552. The molecule has 1 N–H and O–H groups in total. The first kappa shape index (κ1) is 15.1. The number of hydrogen-bond donors (Lipinski definition) is 1. The molecule has 106 valence electrons. The van der Waals surface area contributed by atoms with Crippen molar-refractivity contribution >= 4 is 15.9 Å². The molecule has 0 fully saturated rings. The predicted octanol–water partition coefficient (Wildman–Crippen LogP) is 3.64. The van der Waals surface area contributed by atoms with Crippen LogP contribution in [0.1, 0.15) is 36.1 Å². The number of nitrogens with zero attached hydrogens (tertiary/aromatic N) is 2. The Balaban J connectivity index is 2.09. The molecular formula is C16H20BrN3. The van der Waals surface area contributed by atoms with E-state index in [1.807, 2.05) is 13.0 Å². The van der Waals surface area contributed by atoms with Gasteiger partial charge in [-0.3, -0.25) is 0 Å². The summed E-state index contributed by atoms with van der Waals surface area (Å²) in [6, 6.07) is 10.4. The van der Waals surface area contributed by atoms with Crippen LogP contribution in [-0.2, 0) is 13.0 Å². The van der Waals surface area contributed by atoms with Gasteiger partial charge in [0.15, 0.2) is 0 Å². The van der Waals surface area contributed by atoms with Gasteiger partial charge in [-0.1, -0.05) is 35.0 Å². The molecule has 20 heavy (non-hydrogen) atoms. The summed E-state index contributed by atoms with van der Waals surface area (Å²) < 4.78 is 1.09. The lowest BCUT2D eigenvalue weighted by Gasteiger charge is -2.07. The number of rotatable bonds is 6. The van der Waals surface area contributed by atoms with E-state index in [2.05, 4.69) is 62.4 Å². The summed E-state index contributed by atoms with van der Waals surface area (Å²) in [4.78, 5) is 9.17. The number of hydrogen-bond acceptors (Lipinski definition) is 3. The molecule has 0 unspecified atom stereocenters. The Kier molecular flexibility index (Phi) is 5.68. The Hall–Kier alpha value is -1.26. The second-order valence-electron chi connectivity index (χ2n) is 4.90. The third-order valence-corrected chi connectivity index (χ3v) is 3.49. The first-order valence-corrected chi connectivity index (χ1v) is 7.75. The lowest BCUT2D eigenvalue weighted by molar-refractivity contribution is 0.658. The first-order valence-electron chi connectivity index (χ1n) is 6.96. The molecule has 3 nitrogen and oxygen atoms in total. The molecule has 0 aliphatic carbocycles. The number of benzene rings is 1. The zero-order chi connectivity index (χ0) is 14.4. The highest BCUT2D eigenvalue weighted by molar-refractivity contribution is 9.10. The maximum atomic E-state index is 4.64. The highest BCUT2D eigenvalue weighted by Crippen LogP contribution is 2.13. The summed E-state index contributed by atoms with van der Waals surface area (Å²) in [7, 11) is 0. The van der Waals surface area contributed by atoms with E-state index >= 15 is 0 Å². The van der Waals surface area contributed by atoms with E-state index in [1.165, 1.54) is 5.56 Å². The third kappa shape index (κ3) is 4.69. The summed E-state index contributed by atoms with van der Waals surface area (Å²) in [6.45, 7) is 6.02. The fourth-order valence-electron chi connectivity index (χ4n) is 2.05. The average molecular weight is 334 g/mol. The topological polar surface area (TPSA) is 37.8 Å². The quantitative estimate of drug-likeness (QED) is 0.820. The largest absolute Gasteiger partial charge is 0.311 e. The van der Waals surface area contributed by atoms with E-state index in [0.29, 0.717) is 0 Å². The average Bonchev–Trinajstić information content (AvgIpc) is 2.41. The van der Waals surface area contributed by atoms with Gasteiger partial charge in [0.25, 0.3) is 0 Å². The zero-order valence-corrected chi connectivity index (χ0v) is 13.6. The smallest absolute Gasteiger partial charge is 0.133 e. The predicted molar refractivity (Wildman–Crippen MR) is 85.7 cm³/mol. The van der Waals surface area contributed by atoms with Crippen LogP contribution in [0.5, 0.6) is 0 Å². The molecule has 0 bridgehead atoms. The van der Waals surface area contributed by atoms with Crippen molar-refractivity contribution < 1.29 is 0 Å². The minimum Gasteiger partial charge on any atom is -0.311 e. The second kappa shape index (κ2) is 7.50. The Labute approximate surface area is 129 Å². The summed E-state index contributed by atoms with van der Waals surface area (Å²) in [5, 5.41) is 3.38. The highest BCUT2D eigenvalue weighted by Gasteiger charge is 2.04. The summed E-state index contributed by atoms with van der Waals surface area (Å²) in [6.07, 6.45) is 1.91. The molecule has 2 rings (SSSR count). The molecule has 1 aromatic heterocycles. The van der Waals surface area contributed by atoms with Gasteiger partial charge >= 0.3 is 0 Å². The van der Waals surface area contributed by atoms with Crippen molar-refractivity contribution in [2.75, 3.05) is 6.54 Å². The molecular weight excluding hydrogens is 314 g/mol. The first-order chi connectivity index (χ1) is 9.67. The fourth-order valence-corrected chi connectivity index (χ4v) is 2.31. The minimum absolute atomic E-state index is 0.774. The van der Waals surface area contributed by atoms with Crippen LogP contribution in [0.25, 0.3) is 0 Å². The summed E-state index contributed by atoms with van der Waals surface area (Å²) in [5.74, 6) is 0.889. The van der Waals surface area contributed by atoms with Gasteiger partial charge in [-0.15, -0.1) is 0 Å². The van der Waals surface area contributed by atoms with E-state index < -0.39 is 0 Å². The Morgan fingerprint density at radius 1 is 1.15 bits per heavy atom. The molecule has 0 saturated heterocycles. The summed E-state index contributed by atoms with van der Waals surface area (Å²) >= 11 is 3.45. The third-order valence-electron chi connectivity index (χ3n) is 2.96. The molecule has 4 heteroatoms. The van der Waals surface area contributed by atoms with Crippen molar-refractivity contribution in [3.05, 3.63) is 57.6 Å². The van der Waals surface area contributed by atoms with E-state index in [4.69, 9.17) is 0 Å². The molecule has 0 aliphatic rings. The van der Waals surface area contributed by atoms with Gasteiger partial charge in [0, 0.05) is 23.1 Å². The zero-order valence-electron chi connectivity index (χ0n) is 12.0. The van der Waals surface area contributed by atoms with Gasteiger partial charge in [-0.2, -0.15) is 0 Å². The van der Waals surface area contributed by atoms with Crippen molar-refractivity contribution in [1.29, 1.82) is 0 Å². The number of halogens is 1. The lowest BCUT2D eigenvalue weighted by atomic mass is 10.1. The van der Waals surface area contributed by atoms with Crippen molar-refractivity contribution in [3.63, 3.8) is 0 Å². The van der Waals surface area contributed by atoms with Gasteiger partial charge in [0.05, 0.1) is 5.69 Å². The molecule has 1 heterocycles. The maximum absolute atomic E-state index is 4.64. The van der Waals surface area contributed by atoms with Gasteiger partial charge in [-0.05, 0) is 43.7 Å². The van der Waals surface area contributed by atoms with Crippen LogP contribution in [0.15, 0.2) is 34.8 Å².